The van der Waals surface area contributed by atoms with Gasteiger partial charge in [-0.2, -0.15) is 0 Å². The van der Waals surface area contributed by atoms with Crippen LogP contribution in [-0.2, 0) is 28.5 Å². The van der Waals surface area contributed by atoms with Gasteiger partial charge in [0.25, 0.3) is 0 Å². The summed E-state index contributed by atoms with van der Waals surface area (Å²) in [6, 6.07) is 4.07. The van der Waals surface area contributed by atoms with Crippen molar-refractivity contribution in [1.82, 2.24) is 0 Å². The smallest absolute Gasteiger partial charge is 0.331 e. The van der Waals surface area contributed by atoms with Gasteiger partial charge in [-0.25, -0.2) is 9.59 Å². The van der Waals surface area contributed by atoms with Gasteiger partial charge in [-0.1, -0.05) is 71.9 Å². The van der Waals surface area contributed by atoms with Gasteiger partial charge in [0, 0.05) is 19.3 Å². The largest absolute Gasteiger partial charge is 0.496 e. The van der Waals surface area contributed by atoms with Crippen LogP contribution in [0, 0.1) is 41.5 Å². The summed E-state index contributed by atoms with van der Waals surface area (Å²) in [6.45, 7) is 19.4. The van der Waals surface area contributed by atoms with E-state index in [1.807, 2.05) is 76.3 Å². The Balaban J connectivity index is 1.54. The minimum atomic E-state index is -1.57. The maximum atomic E-state index is 12.8. The Morgan fingerprint density at radius 1 is 0.644 bits per heavy atom. The summed E-state index contributed by atoms with van der Waals surface area (Å²) in [5, 5.41) is 21.7. The van der Waals surface area contributed by atoms with E-state index in [0.29, 0.717) is 11.1 Å². The van der Waals surface area contributed by atoms with Gasteiger partial charge in [0.2, 0.25) is 0 Å². The topological polar surface area (TPSA) is 130 Å². The molecule has 0 aliphatic carbocycles. The molecular weight excluding hydrogens is 749 g/mol. The Labute approximate surface area is 350 Å². The Bertz CT molecular complexity index is 2070. The molecule has 0 spiro atoms. The van der Waals surface area contributed by atoms with E-state index < -0.39 is 42.6 Å². The Morgan fingerprint density at radius 3 is 1.54 bits per heavy atom. The Kier molecular flexibility index (Phi) is 18.6. The van der Waals surface area contributed by atoms with Gasteiger partial charge >= 0.3 is 11.9 Å². The second-order valence-corrected chi connectivity index (χ2v) is 14.9. The number of benzene rings is 2. The number of carbonyl (C=O) groups is 2. The number of allylic oxidation sites excluding steroid dienone is 12. The molecule has 1 aliphatic heterocycles. The van der Waals surface area contributed by atoms with Crippen molar-refractivity contribution in [1.29, 1.82) is 0 Å². The lowest BCUT2D eigenvalue weighted by molar-refractivity contribution is -0.297. The average Bonchev–Trinajstić information content (AvgIpc) is 3.18. The van der Waals surface area contributed by atoms with E-state index in [1.54, 1.807) is 40.2 Å². The molecule has 1 aliphatic rings. The Morgan fingerprint density at radius 2 is 1.10 bits per heavy atom. The highest BCUT2D eigenvalue weighted by Crippen LogP contribution is 2.30. The minimum absolute atomic E-state index is 0.372. The van der Waals surface area contributed by atoms with E-state index in [9.17, 15) is 19.8 Å². The molecule has 1 fully saturated rings. The standard InChI is InChI=1S/C49H62O10/c1-29(20-22-39-33(5)26-41(54-11)37(9)35(39)7)16-14-18-31(3)24-44(50)57-28-43-46(52)47(53)48(49(56-13)58-43)59-45(51)25-32(4)19-15-17-30(2)21-23-40-34(6)27-42(55-12)38(10)36(40)8/h14-27,43,46-49,52-53H,28H2,1-13H3/b18-14+,19-15+,22-20+,23-21+,29-16+,30-17+,31-24+,32-25+/t43-,46-,47+,48-,49+/m1/s1. The number of esters is 2. The molecule has 0 amide bonds. The molecule has 0 radical (unpaired) electrons. The lowest BCUT2D eigenvalue weighted by Gasteiger charge is -2.40. The van der Waals surface area contributed by atoms with Crippen LogP contribution >= 0.6 is 0 Å². The molecule has 2 aromatic carbocycles. The van der Waals surface area contributed by atoms with E-state index in [1.165, 1.54) is 19.3 Å². The van der Waals surface area contributed by atoms with Crippen LogP contribution in [0.5, 0.6) is 11.5 Å². The second kappa shape index (κ2) is 22.8. The van der Waals surface area contributed by atoms with Crippen molar-refractivity contribution in [3.63, 3.8) is 0 Å². The van der Waals surface area contributed by atoms with Gasteiger partial charge in [0.1, 0.15) is 36.4 Å². The lowest BCUT2D eigenvalue weighted by Crippen LogP contribution is -2.60. The fourth-order valence-corrected chi connectivity index (χ4v) is 6.51. The van der Waals surface area contributed by atoms with Crippen LogP contribution in [0.25, 0.3) is 12.2 Å². The first-order chi connectivity index (χ1) is 27.9. The summed E-state index contributed by atoms with van der Waals surface area (Å²) in [5.41, 5.74) is 12.3. The molecule has 0 aromatic heterocycles. The predicted molar refractivity (Wildman–Crippen MR) is 234 cm³/mol. The van der Waals surface area contributed by atoms with Crippen LogP contribution < -0.4 is 9.47 Å². The molecule has 0 unspecified atom stereocenters. The van der Waals surface area contributed by atoms with Crippen molar-refractivity contribution >= 4 is 24.1 Å². The molecular formula is C49H62O10. The van der Waals surface area contributed by atoms with E-state index >= 15 is 0 Å². The maximum absolute atomic E-state index is 12.8. The molecule has 5 atom stereocenters. The molecule has 1 saturated heterocycles. The number of methoxy groups -OCH3 is 3. The first kappa shape index (κ1) is 48.1. The average molecular weight is 811 g/mol. The first-order valence-electron chi connectivity index (χ1n) is 19.6. The zero-order valence-corrected chi connectivity index (χ0v) is 36.8. The number of carbonyl (C=O) groups excluding carboxylic acids is 2. The van der Waals surface area contributed by atoms with Crippen molar-refractivity contribution in [2.45, 2.75) is 99.9 Å². The van der Waals surface area contributed by atoms with Crippen molar-refractivity contribution in [2.75, 3.05) is 27.9 Å². The summed E-state index contributed by atoms with van der Waals surface area (Å²) < 4.78 is 32.8. The number of ether oxygens (including phenoxy) is 6. The fraction of sp³-hybridized carbons (Fsp3) is 0.388. The van der Waals surface area contributed by atoms with Crippen LogP contribution in [0.2, 0.25) is 0 Å². The first-order valence-corrected chi connectivity index (χ1v) is 19.6. The highest BCUT2D eigenvalue weighted by Gasteiger charge is 2.47. The van der Waals surface area contributed by atoms with Gasteiger partial charge < -0.3 is 38.6 Å². The molecule has 0 saturated carbocycles. The highest BCUT2D eigenvalue weighted by atomic mass is 16.7. The van der Waals surface area contributed by atoms with Crippen molar-refractivity contribution in [3.05, 3.63) is 140 Å². The minimum Gasteiger partial charge on any atom is -0.496 e. The van der Waals surface area contributed by atoms with Crippen molar-refractivity contribution < 1.29 is 48.2 Å². The van der Waals surface area contributed by atoms with Crippen LogP contribution in [0.4, 0.5) is 0 Å². The fourth-order valence-electron chi connectivity index (χ4n) is 6.51. The van der Waals surface area contributed by atoms with Crippen molar-refractivity contribution in [3.8, 4) is 11.5 Å². The third-order valence-electron chi connectivity index (χ3n) is 10.3. The molecule has 3 rings (SSSR count). The third-order valence-corrected chi connectivity index (χ3v) is 10.3. The quantitative estimate of drug-likeness (QED) is 0.0965. The molecule has 1 heterocycles. The van der Waals surface area contributed by atoms with Gasteiger partial charge in [-0.05, 0) is 137 Å². The number of hydrogen-bond acceptors (Lipinski definition) is 10. The number of aliphatic hydroxyl groups excluding tert-OH is 2. The monoisotopic (exact) mass is 810 g/mol. The lowest BCUT2D eigenvalue weighted by atomic mass is 9.96. The second-order valence-electron chi connectivity index (χ2n) is 14.9. The van der Waals surface area contributed by atoms with Crippen LogP contribution in [-0.4, -0.2) is 80.8 Å². The SMILES string of the molecule is COc1cc(C)c(/C=C/C(C)=C/C=C/C(C)=C/C(=O)OC[C@H]2O[C@H](OC)[C@H](OC(=O)/C=C(C)/C=C/C=C(C)/C=C/c3c(C)cc(OC)c(C)c3C)[C@@H](O)[C@@H]2O)c(C)c1C. The van der Waals surface area contributed by atoms with Gasteiger partial charge in [-0.3, -0.25) is 0 Å². The summed E-state index contributed by atoms with van der Waals surface area (Å²) in [5.74, 6) is 0.327. The molecule has 10 nitrogen and oxygen atoms in total. The normalized spacial score (nSPS) is 21.0. The number of aryl methyl sites for hydroxylation is 2. The maximum Gasteiger partial charge on any atom is 0.331 e. The molecule has 2 aromatic rings. The number of rotatable bonds is 16. The molecule has 59 heavy (non-hydrogen) atoms. The van der Waals surface area contributed by atoms with Crippen LogP contribution in [0.1, 0.15) is 72.2 Å². The van der Waals surface area contributed by atoms with Gasteiger partial charge in [0.15, 0.2) is 12.4 Å². The van der Waals surface area contributed by atoms with E-state index in [2.05, 4.69) is 39.8 Å². The van der Waals surface area contributed by atoms with Crippen LogP contribution in [0.15, 0.2) is 95.2 Å². The van der Waals surface area contributed by atoms with Gasteiger partial charge in [0.05, 0.1) is 14.2 Å². The number of hydrogen-bond donors (Lipinski definition) is 2. The zero-order chi connectivity index (χ0) is 44.0. The highest BCUT2D eigenvalue weighted by molar-refractivity contribution is 5.84. The van der Waals surface area contributed by atoms with E-state index in [0.717, 1.165) is 67.2 Å². The summed E-state index contributed by atoms with van der Waals surface area (Å²) >= 11 is 0. The van der Waals surface area contributed by atoms with E-state index in [-0.39, 0.29) is 6.61 Å². The van der Waals surface area contributed by atoms with E-state index in [4.69, 9.17) is 28.4 Å². The summed E-state index contributed by atoms with van der Waals surface area (Å²) in [7, 11) is 4.66. The molecule has 0 bridgehead atoms. The Hall–Kier alpha value is -5.26. The summed E-state index contributed by atoms with van der Waals surface area (Å²) in [4.78, 5) is 25.4. The van der Waals surface area contributed by atoms with Crippen LogP contribution in [0.3, 0.4) is 0 Å². The molecule has 2 N–H and O–H groups in total. The molecule has 10 heteroatoms. The summed E-state index contributed by atoms with van der Waals surface area (Å²) in [6.07, 6.45) is 15.0. The van der Waals surface area contributed by atoms with Crippen molar-refractivity contribution in [2.24, 2.45) is 0 Å². The molecule has 318 valence electrons. The predicted octanol–water partition coefficient (Wildman–Crippen LogP) is 8.73. The van der Waals surface area contributed by atoms with Gasteiger partial charge in [-0.15, -0.1) is 0 Å². The number of aliphatic hydroxyl groups is 2. The zero-order valence-electron chi connectivity index (χ0n) is 36.8. The third kappa shape index (κ3) is 13.6.